The van der Waals surface area contributed by atoms with Gasteiger partial charge >= 0.3 is 16.1 Å². The molecule has 0 heterocycles. The highest BCUT2D eigenvalue weighted by Gasteiger charge is 2.17. The molecule has 0 spiro atoms. The van der Waals surface area contributed by atoms with Gasteiger partial charge in [-0.2, -0.15) is 8.42 Å². The van der Waals surface area contributed by atoms with E-state index in [-0.39, 0.29) is 30.7 Å². The van der Waals surface area contributed by atoms with Crippen LogP contribution in [0.2, 0.25) is 0 Å². The second kappa shape index (κ2) is 8.66. The van der Waals surface area contributed by atoms with Gasteiger partial charge in [0.05, 0.1) is 12.8 Å². The van der Waals surface area contributed by atoms with Crippen LogP contribution < -0.4 is 9.50 Å². The Kier molecular flexibility index (Phi) is 6.57. The molecule has 26 heavy (non-hydrogen) atoms. The van der Waals surface area contributed by atoms with Gasteiger partial charge in [-0.1, -0.05) is 30.3 Å². The predicted molar refractivity (Wildman–Crippen MR) is 96.6 cm³/mol. The van der Waals surface area contributed by atoms with E-state index in [4.69, 9.17) is 4.18 Å². The first-order chi connectivity index (χ1) is 12.3. The third kappa shape index (κ3) is 6.03. The van der Waals surface area contributed by atoms with Crippen molar-refractivity contribution in [3.8, 4) is 5.75 Å². The lowest BCUT2D eigenvalue weighted by atomic mass is 10.1. The Morgan fingerprint density at radius 3 is 2.38 bits per heavy atom. The predicted octanol–water partition coefficient (Wildman–Crippen LogP) is 2.90. The maximum atomic E-state index is 13.1. The number of amides is 2. The van der Waals surface area contributed by atoms with E-state index >= 15 is 0 Å². The standard InChI is InChI=1S/C18H21FN2O4S/c1-3-20-18(22)21(12-14-8-10-16(19)11-9-14)13-15-6-4-5-7-17(15)25-26(2,23)24/h4-11H,3,12-13H2,1-2H3,(H,20,22). The zero-order chi connectivity index (χ0) is 19.2. The molecule has 2 amide bonds. The Morgan fingerprint density at radius 1 is 1.12 bits per heavy atom. The zero-order valence-corrected chi connectivity index (χ0v) is 15.4. The summed E-state index contributed by atoms with van der Waals surface area (Å²) < 4.78 is 41.0. The number of para-hydroxylation sites is 1. The van der Waals surface area contributed by atoms with E-state index in [0.717, 1.165) is 11.8 Å². The molecule has 0 bridgehead atoms. The second-order valence-corrected chi connectivity index (χ2v) is 7.29. The molecule has 0 saturated heterocycles. The van der Waals surface area contributed by atoms with Gasteiger partial charge in [-0.3, -0.25) is 0 Å². The fourth-order valence-electron chi connectivity index (χ4n) is 2.36. The first-order valence-corrected chi connectivity index (χ1v) is 9.84. The van der Waals surface area contributed by atoms with Crippen LogP contribution in [-0.4, -0.2) is 32.1 Å². The number of nitrogens with one attached hydrogen (secondary N) is 1. The highest BCUT2D eigenvalue weighted by Crippen LogP contribution is 2.22. The number of halogens is 1. The lowest BCUT2D eigenvalue weighted by Crippen LogP contribution is -2.39. The largest absolute Gasteiger partial charge is 0.382 e. The van der Waals surface area contributed by atoms with Crippen molar-refractivity contribution in [2.75, 3.05) is 12.8 Å². The normalized spacial score (nSPS) is 11.0. The fourth-order valence-corrected chi connectivity index (χ4v) is 2.85. The summed E-state index contributed by atoms with van der Waals surface area (Å²) in [6.45, 7) is 2.61. The highest BCUT2D eigenvalue weighted by atomic mass is 32.2. The maximum Gasteiger partial charge on any atom is 0.317 e. The first kappa shape index (κ1) is 19.7. The number of hydrogen-bond acceptors (Lipinski definition) is 4. The summed E-state index contributed by atoms with van der Waals surface area (Å²) in [5, 5.41) is 2.72. The molecule has 0 aromatic heterocycles. The number of urea groups is 1. The molecule has 0 atom stereocenters. The van der Waals surface area contributed by atoms with Crippen molar-refractivity contribution >= 4 is 16.1 Å². The number of carbonyl (C=O) groups is 1. The molecule has 0 aliphatic rings. The van der Waals surface area contributed by atoms with Gasteiger partial charge in [-0.25, -0.2) is 9.18 Å². The Balaban J connectivity index is 2.26. The molecular formula is C18H21FN2O4S. The molecule has 0 saturated carbocycles. The molecular weight excluding hydrogens is 359 g/mol. The van der Waals surface area contributed by atoms with Crippen LogP contribution in [0.3, 0.4) is 0 Å². The lowest BCUT2D eigenvalue weighted by molar-refractivity contribution is 0.192. The summed E-state index contributed by atoms with van der Waals surface area (Å²) in [5.41, 5.74) is 1.30. The van der Waals surface area contributed by atoms with Crippen molar-refractivity contribution < 1.29 is 21.8 Å². The minimum Gasteiger partial charge on any atom is -0.382 e. The molecule has 0 aliphatic carbocycles. The Hall–Kier alpha value is -2.61. The third-order valence-corrected chi connectivity index (χ3v) is 3.96. The van der Waals surface area contributed by atoms with Gasteiger partial charge in [0.2, 0.25) is 0 Å². The van der Waals surface area contributed by atoms with E-state index < -0.39 is 10.1 Å². The summed E-state index contributed by atoms with van der Waals surface area (Å²) in [5.74, 6) is -0.186. The van der Waals surface area contributed by atoms with Gasteiger partial charge < -0.3 is 14.4 Å². The molecule has 2 aromatic carbocycles. The van der Waals surface area contributed by atoms with Gasteiger partial charge in [0.1, 0.15) is 11.6 Å². The highest BCUT2D eigenvalue weighted by molar-refractivity contribution is 7.86. The van der Waals surface area contributed by atoms with Crippen LogP contribution >= 0.6 is 0 Å². The Labute approximate surface area is 152 Å². The first-order valence-electron chi connectivity index (χ1n) is 8.03. The van der Waals surface area contributed by atoms with Crippen LogP contribution in [0.5, 0.6) is 5.75 Å². The van der Waals surface area contributed by atoms with Crippen LogP contribution in [0.4, 0.5) is 9.18 Å². The van der Waals surface area contributed by atoms with Crippen LogP contribution in [-0.2, 0) is 23.2 Å². The molecule has 0 fully saturated rings. The molecule has 6 nitrogen and oxygen atoms in total. The molecule has 1 N–H and O–H groups in total. The summed E-state index contributed by atoms with van der Waals surface area (Å²) in [7, 11) is -3.69. The minimum atomic E-state index is -3.69. The van der Waals surface area contributed by atoms with E-state index in [1.54, 1.807) is 37.3 Å². The van der Waals surface area contributed by atoms with Gasteiger partial charge in [0.25, 0.3) is 0 Å². The summed E-state index contributed by atoms with van der Waals surface area (Å²) in [6, 6.07) is 12.1. The van der Waals surface area contributed by atoms with Crippen molar-refractivity contribution in [2.24, 2.45) is 0 Å². The Morgan fingerprint density at radius 2 is 1.77 bits per heavy atom. The second-order valence-electron chi connectivity index (χ2n) is 5.71. The van der Waals surface area contributed by atoms with Crippen molar-refractivity contribution in [3.05, 3.63) is 65.5 Å². The van der Waals surface area contributed by atoms with E-state index in [9.17, 15) is 17.6 Å². The monoisotopic (exact) mass is 380 g/mol. The number of rotatable bonds is 7. The van der Waals surface area contributed by atoms with Crippen molar-refractivity contribution in [2.45, 2.75) is 20.0 Å². The number of nitrogens with zero attached hydrogens (tertiary/aromatic N) is 1. The number of carbonyl (C=O) groups excluding carboxylic acids is 1. The van der Waals surface area contributed by atoms with Crippen molar-refractivity contribution in [1.82, 2.24) is 10.2 Å². The molecule has 0 unspecified atom stereocenters. The average Bonchev–Trinajstić information content (AvgIpc) is 2.56. The quantitative estimate of drug-likeness (QED) is 0.750. The van der Waals surface area contributed by atoms with Gasteiger partial charge in [0, 0.05) is 18.7 Å². The van der Waals surface area contributed by atoms with Crippen LogP contribution in [0, 0.1) is 5.82 Å². The van der Waals surface area contributed by atoms with Crippen LogP contribution in [0.1, 0.15) is 18.1 Å². The van der Waals surface area contributed by atoms with Crippen molar-refractivity contribution in [1.29, 1.82) is 0 Å². The van der Waals surface area contributed by atoms with Gasteiger partial charge in [-0.05, 0) is 30.7 Å². The average molecular weight is 380 g/mol. The lowest BCUT2D eigenvalue weighted by Gasteiger charge is -2.24. The maximum absolute atomic E-state index is 13.1. The molecule has 2 aromatic rings. The SMILES string of the molecule is CCNC(=O)N(Cc1ccc(F)cc1)Cc1ccccc1OS(C)(=O)=O. The zero-order valence-electron chi connectivity index (χ0n) is 14.6. The number of benzene rings is 2. The van der Waals surface area contributed by atoms with E-state index in [1.807, 2.05) is 0 Å². The third-order valence-electron chi connectivity index (χ3n) is 3.48. The molecule has 140 valence electrons. The smallest absolute Gasteiger partial charge is 0.317 e. The van der Waals surface area contributed by atoms with E-state index in [1.165, 1.54) is 23.1 Å². The summed E-state index contributed by atoms with van der Waals surface area (Å²) in [6.07, 6.45) is 0.962. The molecule has 2 rings (SSSR count). The summed E-state index contributed by atoms with van der Waals surface area (Å²) in [4.78, 5) is 13.9. The molecule has 0 radical (unpaired) electrons. The molecule has 8 heteroatoms. The van der Waals surface area contributed by atoms with E-state index in [2.05, 4.69) is 5.32 Å². The molecule has 0 aliphatic heterocycles. The van der Waals surface area contributed by atoms with E-state index in [0.29, 0.717) is 12.1 Å². The minimum absolute atomic E-state index is 0.134. The summed E-state index contributed by atoms with van der Waals surface area (Å²) >= 11 is 0. The fraction of sp³-hybridized carbons (Fsp3) is 0.278. The topological polar surface area (TPSA) is 75.7 Å². The van der Waals surface area contributed by atoms with Crippen LogP contribution in [0.15, 0.2) is 48.5 Å². The van der Waals surface area contributed by atoms with Crippen LogP contribution in [0.25, 0.3) is 0 Å². The number of hydrogen-bond donors (Lipinski definition) is 1. The van der Waals surface area contributed by atoms with Gasteiger partial charge in [0.15, 0.2) is 0 Å². The Bertz CT molecular complexity index is 854. The van der Waals surface area contributed by atoms with Gasteiger partial charge in [-0.15, -0.1) is 0 Å². The van der Waals surface area contributed by atoms with Crippen molar-refractivity contribution in [3.63, 3.8) is 0 Å².